The maximum Gasteiger partial charge on any atom is 0.276 e. The van der Waals surface area contributed by atoms with Gasteiger partial charge in [0.05, 0.1) is 0 Å². The van der Waals surface area contributed by atoms with Gasteiger partial charge in [-0.3, -0.25) is 0 Å². The quantitative estimate of drug-likeness (QED) is 0.240. The van der Waals surface area contributed by atoms with E-state index in [1.54, 1.807) is 0 Å². The Morgan fingerprint density at radius 3 is 1.17 bits per heavy atom. The maximum absolute atomic E-state index is 8.48. The van der Waals surface area contributed by atoms with Crippen molar-refractivity contribution in [1.29, 1.82) is 0 Å². The summed E-state index contributed by atoms with van der Waals surface area (Å²) in [6.45, 7) is 0. The molecule has 10 heteroatoms. The summed E-state index contributed by atoms with van der Waals surface area (Å²) >= 11 is 8.41. The average Bonchev–Trinajstić information content (AvgIpc) is 1.54. The number of thiocarbonyl (C=S) groups is 2. The molecule has 0 aromatic rings. The molecule has 0 radical (unpaired) electrons. The molecule has 12 heavy (non-hydrogen) atoms. The second-order valence-corrected chi connectivity index (χ2v) is 2.65. The van der Waals surface area contributed by atoms with E-state index in [2.05, 4.69) is 35.9 Å². The number of rotatable bonds is 0. The molecule has 0 spiro atoms. The molecule has 0 aliphatic carbocycles. The molecular weight excluding hydrogens is 223 g/mol. The Bertz CT molecular complexity index is 124. The molecule has 0 aliphatic heterocycles. The summed E-state index contributed by atoms with van der Waals surface area (Å²) in [6, 6.07) is 0. The maximum atomic E-state index is 8.48. The van der Waals surface area contributed by atoms with Crippen molar-refractivity contribution in [3.8, 4) is 0 Å². The lowest BCUT2D eigenvalue weighted by Gasteiger charge is -1.75. The molecule has 0 fully saturated rings. The lowest BCUT2D eigenvalue weighted by atomic mass is 11.3. The molecule has 0 heterocycles. The van der Waals surface area contributed by atoms with E-state index < -0.39 is 8.25 Å². The first-order chi connectivity index (χ1) is 5.20. The third-order valence-corrected chi connectivity index (χ3v) is 0. The van der Waals surface area contributed by atoms with Crippen LogP contribution in [0.1, 0.15) is 0 Å². The zero-order valence-electron chi connectivity index (χ0n) is 6.06. The molecule has 0 atom stereocenters. The van der Waals surface area contributed by atoms with Crippen LogP contribution in [0.2, 0.25) is 0 Å². The minimum absolute atomic E-state index is 0.250. The van der Waals surface area contributed by atoms with Gasteiger partial charge in [-0.1, -0.05) is 4.57 Å². The molecule has 7 nitrogen and oxygen atoms in total. The average molecular weight is 233 g/mol. The van der Waals surface area contributed by atoms with E-state index in [9.17, 15) is 0 Å². The zero-order chi connectivity index (χ0) is 10.7. The second kappa shape index (κ2) is 13.3. The Labute approximate surface area is 80.7 Å². The Hall–Kier alpha value is -0.280. The van der Waals surface area contributed by atoms with Gasteiger partial charge < -0.3 is 32.7 Å². The van der Waals surface area contributed by atoms with Gasteiger partial charge in [0.2, 0.25) is 0 Å². The number of quaternary nitrogens is 2. The van der Waals surface area contributed by atoms with Gasteiger partial charge in [0.25, 0.3) is 18.5 Å². The fourth-order valence-electron chi connectivity index (χ4n) is 0. The fourth-order valence-corrected chi connectivity index (χ4v) is 0. The van der Waals surface area contributed by atoms with Crippen LogP contribution >= 0.6 is 32.7 Å². The molecular formula is C2H10N4O3PS2+. The van der Waals surface area contributed by atoms with Gasteiger partial charge in [-0.2, -0.15) is 0 Å². The Balaban J connectivity index is -0.000000101. The molecule has 0 saturated heterocycles. The van der Waals surface area contributed by atoms with Crippen molar-refractivity contribution in [3.05, 3.63) is 0 Å². The molecule has 0 unspecified atom stereocenters. The van der Waals surface area contributed by atoms with Gasteiger partial charge in [-0.25, -0.2) is 0 Å². The molecule has 0 saturated carbocycles. The van der Waals surface area contributed by atoms with Crippen LogP contribution < -0.4 is 32.7 Å². The van der Waals surface area contributed by atoms with Crippen LogP contribution in [-0.4, -0.2) is 10.2 Å². The summed E-state index contributed by atoms with van der Waals surface area (Å²) in [5, 5.41) is 0.500. The van der Waals surface area contributed by atoms with Crippen molar-refractivity contribution in [2.75, 3.05) is 0 Å². The van der Waals surface area contributed by atoms with Gasteiger partial charge in [0, 0.05) is 24.4 Å². The Morgan fingerprint density at radius 1 is 1.17 bits per heavy atom. The van der Waals surface area contributed by atoms with Crippen molar-refractivity contribution >= 4 is 42.9 Å². The number of nitrogens with two attached hydrogens (primary N) is 2. The van der Waals surface area contributed by atoms with Crippen molar-refractivity contribution in [2.24, 2.45) is 11.5 Å². The predicted molar refractivity (Wildman–Crippen MR) is 47.0 cm³/mol. The van der Waals surface area contributed by atoms with Crippen LogP contribution in [0.3, 0.4) is 0 Å². The van der Waals surface area contributed by atoms with Gasteiger partial charge >= 0.3 is 0 Å². The van der Waals surface area contributed by atoms with E-state index in [4.69, 9.17) is 25.8 Å². The topological polar surface area (TPSA) is 171 Å². The summed E-state index contributed by atoms with van der Waals surface area (Å²) in [5.41, 5.74) is 15.8. The third kappa shape index (κ3) is 9430. The van der Waals surface area contributed by atoms with E-state index in [0.29, 0.717) is 0 Å². The van der Waals surface area contributed by atoms with Crippen molar-refractivity contribution in [1.82, 2.24) is 0 Å². The summed E-state index contributed by atoms with van der Waals surface area (Å²) in [7, 11) is -3.37. The molecule has 0 amide bonds. The van der Waals surface area contributed by atoms with Crippen LogP contribution in [0.5, 0.6) is 0 Å². The summed E-state index contributed by atoms with van der Waals surface area (Å²) in [5.74, 6) is 0. The molecule has 0 aliphatic rings. The predicted octanol–water partition coefficient (Wildman–Crippen LogP) is -4.69. The highest BCUT2D eigenvalue weighted by molar-refractivity contribution is 7.79. The molecule has 0 bridgehead atoms. The van der Waals surface area contributed by atoms with Crippen LogP contribution in [0, 0.1) is 0 Å². The molecule has 0 rings (SSSR count). The van der Waals surface area contributed by atoms with Gasteiger partial charge in [0.15, 0.2) is 0 Å². The SMILES string of the molecule is NC([NH3+])=S.NC([NH3+])=S.O=[P+]([O-])[O-]. The lowest BCUT2D eigenvalue weighted by molar-refractivity contribution is -0.297. The van der Waals surface area contributed by atoms with Crippen LogP contribution in [0.4, 0.5) is 0 Å². The van der Waals surface area contributed by atoms with E-state index in [1.807, 2.05) is 0 Å². The Morgan fingerprint density at radius 2 is 1.17 bits per heavy atom. The van der Waals surface area contributed by atoms with Crippen LogP contribution in [-0.2, 0) is 4.57 Å². The van der Waals surface area contributed by atoms with Crippen LogP contribution in [0.15, 0.2) is 0 Å². The van der Waals surface area contributed by atoms with Gasteiger partial charge in [-0.15, -0.1) is 0 Å². The fraction of sp³-hybridized carbons (Fsp3) is 0. The minimum Gasteiger partial charge on any atom is -0.598 e. The first-order valence-electron chi connectivity index (χ1n) is 2.24. The highest BCUT2D eigenvalue weighted by atomic mass is 32.1. The van der Waals surface area contributed by atoms with Gasteiger partial charge in [0.1, 0.15) is 0 Å². The molecule has 0 aromatic carbocycles. The van der Waals surface area contributed by atoms with E-state index in [1.165, 1.54) is 0 Å². The summed E-state index contributed by atoms with van der Waals surface area (Å²) < 4.78 is 8.48. The zero-order valence-corrected chi connectivity index (χ0v) is 8.58. The van der Waals surface area contributed by atoms with Crippen molar-refractivity contribution in [3.63, 3.8) is 0 Å². The van der Waals surface area contributed by atoms with Crippen molar-refractivity contribution < 1.29 is 25.8 Å². The first-order valence-corrected chi connectivity index (χ1v) is 4.15. The largest absolute Gasteiger partial charge is 0.598 e. The normalized spacial score (nSPS) is 6.33. The van der Waals surface area contributed by atoms with Crippen molar-refractivity contribution in [2.45, 2.75) is 0 Å². The van der Waals surface area contributed by atoms with Gasteiger partial charge in [-0.05, 0) is 0 Å². The summed E-state index contributed by atoms with van der Waals surface area (Å²) in [4.78, 5) is 17.0. The van der Waals surface area contributed by atoms with Crippen LogP contribution in [0.25, 0.3) is 0 Å². The third-order valence-electron chi connectivity index (χ3n) is 0. The van der Waals surface area contributed by atoms with E-state index >= 15 is 0 Å². The van der Waals surface area contributed by atoms with E-state index in [0.717, 1.165) is 0 Å². The molecule has 72 valence electrons. The van der Waals surface area contributed by atoms with E-state index in [-0.39, 0.29) is 10.2 Å². The monoisotopic (exact) mass is 233 g/mol. The Kier molecular flexibility index (Phi) is 19.7. The number of hydrogen-bond donors (Lipinski definition) is 4. The highest BCUT2D eigenvalue weighted by Crippen LogP contribution is 1.79. The lowest BCUT2D eigenvalue weighted by Crippen LogP contribution is -2.60. The smallest absolute Gasteiger partial charge is 0.276 e. The minimum atomic E-state index is -3.37. The summed E-state index contributed by atoms with van der Waals surface area (Å²) in [6.07, 6.45) is 0. The first kappa shape index (κ1) is 17.7. The molecule has 0 aromatic heterocycles. The standard InChI is InChI=1S/2CH4N2S.HO3P/c2*2-1(3)4;1-4(2)3/h2*(H4,2,3,4);(H,1,2,3)/p+1. The highest BCUT2D eigenvalue weighted by Gasteiger charge is 1.61. The second-order valence-electron chi connectivity index (χ2n) is 1.16. The molecule has 10 N–H and O–H groups in total. The number of hydrogen-bond acceptors (Lipinski definition) is 5.